The van der Waals surface area contributed by atoms with E-state index in [1.165, 1.54) is 40.2 Å². The van der Waals surface area contributed by atoms with Gasteiger partial charge in [0.05, 0.1) is 5.69 Å². The number of aromatic amines is 1. The van der Waals surface area contributed by atoms with E-state index in [1.54, 1.807) is 0 Å². The highest BCUT2D eigenvalue weighted by molar-refractivity contribution is 7.09. The van der Waals surface area contributed by atoms with Crippen molar-refractivity contribution in [1.82, 2.24) is 9.88 Å². The highest BCUT2D eigenvalue weighted by Crippen LogP contribution is 2.29. The topological polar surface area (TPSA) is 36.1 Å². The summed E-state index contributed by atoms with van der Waals surface area (Å²) in [4.78, 5) is 18.5. The normalized spacial score (nSPS) is 15.9. The molecule has 0 aliphatic carbocycles. The molecular formula is C16H20N2OS. The molecule has 0 radical (unpaired) electrons. The van der Waals surface area contributed by atoms with Crippen LogP contribution in [0.2, 0.25) is 0 Å². The molecular weight excluding hydrogens is 268 g/mol. The van der Waals surface area contributed by atoms with Crippen molar-refractivity contribution in [3.8, 4) is 11.3 Å². The Hall–Kier alpha value is -1.39. The number of likely N-dealkylation sites (tertiary alicyclic amines) is 1. The van der Waals surface area contributed by atoms with Crippen LogP contribution in [0.25, 0.3) is 11.3 Å². The lowest BCUT2D eigenvalue weighted by atomic mass is 10.0. The number of rotatable bonds is 3. The third-order valence-electron chi connectivity index (χ3n) is 3.95. The fourth-order valence-corrected chi connectivity index (χ4v) is 3.73. The van der Waals surface area contributed by atoms with Gasteiger partial charge in [0, 0.05) is 17.0 Å². The molecule has 0 amide bonds. The summed E-state index contributed by atoms with van der Waals surface area (Å²) in [5.74, 6) is 0. The molecule has 0 unspecified atom stereocenters. The molecule has 2 aromatic rings. The summed E-state index contributed by atoms with van der Waals surface area (Å²) in [7, 11) is 0. The Morgan fingerprint density at radius 3 is 2.75 bits per heavy atom. The first kappa shape index (κ1) is 13.6. The zero-order chi connectivity index (χ0) is 14.1. The number of hydrogen-bond acceptors (Lipinski definition) is 3. The van der Waals surface area contributed by atoms with Crippen LogP contribution in [-0.4, -0.2) is 23.0 Å². The van der Waals surface area contributed by atoms with E-state index in [0.717, 1.165) is 30.9 Å². The maximum atomic E-state index is 11.8. The van der Waals surface area contributed by atoms with Crippen LogP contribution in [0.15, 0.2) is 23.0 Å². The number of hydrogen-bond donors (Lipinski definition) is 1. The van der Waals surface area contributed by atoms with Gasteiger partial charge in [-0.1, -0.05) is 29.0 Å². The molecule has 1 aromatic heterocycles. The van der Waals surface area contributed by atoms with Crippen molar-refractivity contribution in [2.75, 3.05) is 13.1 Å². The van der Waals surface area contributed by atoms with Crippen molar-refractivity contribution < 1.29 is 0 Å². The maximum absolute atomic E-state index is 11.8. The molecule has 1 N–H and O–H groups in total. The van der Waals surface area contributed by atoms with E-state index in [1.807, 2.05) is 0 Å². The van der Waals surface area contributed by atoms with Gasteiger partial charge in [0.2, 0.25) is 0 Å². The summed E-state index contributed by atoms with van der Waals surface area (Å²) in [6.45, 7) is 7.39. The average molecular weight is 288 g/mol. The van der Waals surface area contributed by atoms with Crippen molar-refractivity contribution in [3.63, 3.8) is 0 Å². The highest BCUT2D eigenvalue weighted by atomic mass is 32.1. The van der Waals surface area contributed by atoms with E-state index in [4.69, 9.17) is 0 Å². The van der Waals surface area contributed by atoms with Gasteiger partial charge in [-0.25, -0.2) is 0 Å². The predicted octanol–water partition coefficient (Wildman–Crippen LogP) is 3.32. The van der Waals surface area contributed by atoms with Crippen LogP contribution in [-0.2, 0) is 6.54 Å². The summed E-state index contributed by atoms with van der Waals surface area (Å²) in [5.41, 5.74) is 4.63. The van der Waals surface area contributed by atoms with E-state index in [-0.39, 0.29) is 4.87 Å². The second-order valence-electron chi connectivity index (χ2n) is 5.61. The molecule has 106 valence electrons. The monoisotopic (exact) mass is 288 g/mol. The fraction of sp³-hybridized carbons (Fsp3) is 0.438. The third-order valence-corrected chi connectivity index (χ3v) is 4.82. The van der Waals surface area contributed by atoms with Gasteiger partial charge in [0.15, 0.2) is 0 Å². The molecule has 0 bridgehead atoms. The van der Waals surface area contributed by atoms with Crippen molar-refractivity contribution >= 4 is 11.3 Å². The molecule has 3 rings (SSSR count). The molecule has 20 heavy (non-hydrogen) atoms. The quantitative estimate of drug-likeness (QED) is 0.940. The summed E-state index contributed by atoms with van der Waals surface area (Å²) in [5, 5.41) is 0. The fourth-order valence-electron chi connectivity index (χ4n) is 2.84. The number of aromatic nitrogens is 1. The molecule has 4 heteroatoms. The van der Waals surface area contributed by atoms with Crippen molar-refractivity contribution in [2.45, 2.75) is 33.2 Å². The van der Waals surface area contributed by atoms with Gasteiger partial charge in [-0.2, -0.15) is 0 Å². The minimum Gasteiger partial charge on any atom is -0.312 e. The zero-order valence-electron chi connectivity index (χ0n) is 12.0. The zero-order valence-corrected chi connectivity index (χ0v) is 12.8. The standard InChI is InChI=1S/C16H20N2OS/c1-11-5-6-12(2)13(9-11)15-14(20-16(19)17-15)10-18-7-3-4-8-18/h5-6,9H,3-4,7-8,10H2,1-2H3,(H,17,19). The van der Waals surface area contributed by atoms with Crippen molar-refractivity contribution in [1.29, 1.82) is 0 Å². The van der Waals surface area contributed by atoms with Crippen LogP contribution in [0.1, 0.15) is 28.8 Å². The SMILES string of the molecule is Cc1ccc(C)c(-c2[nH]c(=O)sc2CN2CCCC2)c1. The van der Waals surface area contributed by atoms with Gasteiger partial charge in [-0.15, -0.1) is 0 Å². The Bertz CT molecular complexity index is 665. The Balaban J connectivity index is 2.00. The predicted molar refractivity (Wildman–Crippen MR) is 84.4 cm³/mol. The van der Waals surface area contributed by atoms with Crippen LogP contribution in [0.3, 0.4) is 0 Å². The van der Waals surface area contributed by atoms with Gasteiger partial charge in [0.25, 0.3) is 0 Å². The minimum absolute atomic E-state index is 0.0510. The molecule has 2 heterocycles. The maximum Gasteiger partial charge on any atom is 0.305 e. The Labute approximate surface area is 123 Å². The molecule has 1 aliphatic heterocycles. The van der Waals surface area contributed by atoms with E-state index in [2.05, 4.69) is 41.9 Å². The molecule has 0 atom stereocenters. The molecule has 1 saturated heterocycles. The first-order chi connectivity index (χ1) is 9.63. The highest BCUT2D eigenvalue weighted by Gasteiger charge is 2.18. The Morgan fingerprint density at radius 2 is 2.00 bits per heavy atom. The van der Waals surface area contributed by atoms with Crippen LogP contribution in [0, 0.1) is 13.8 Å². The largest absolute Gasteiger partial charge is 0.312 e. The van der Waals surface area contributed by atoms with Crippen LogP contribution >= 0.6 is 11.3 Å². The molecule has 1 fully saturated rings. The van der Waals surface area contributed by atoms with Crippen molar-refractivity contribution in [2.24, 2.45) is 0 Å². The minimum atomic E-state index is 0.0510. The van der Waals surface area contributed by atoms with E-state index in [9.17, 15) is 4.79 Å². The molecule has 0 spiro atoms. The van der Waals surface area contributed by atoms with Gasteiger partial charge in [-0.05, 0) is 51.4 Å². The summed E-state index contributed by atoms with van der Waals surface area (Å²) < 4.78 is 0. The summed E-state index contributed by atoms with van der Waals surface area (Å²) in [6, 6.07) is 6.41. The Kier molecular flexibility index (Phi) is 3.76. The number of aryl methyl sites for hydroxylation is 2. The van der Waals surface area contributed by atoms with Gasteiger partial charge < -0.3 is 4.98 Å². The van der Waals surface area contributed by atoms with Crippen molar-refractivity contribution in [3.05, 3.63) is 43.9 Å². The first-order valence-electron chi connectivity index (χ1n) is 7.15. The van der Waals surface area contributed by atoms with Gasteiger partial charge in [0.1, 0.15) is 0 Å². The number of thiazole rings is 1. The molecule has 1 aliphatic rings. The van der Waals surface area contributed by atoms with Crippen LogP contribution in [0.4, 0.5) is 0 Å². The molecule has 0 saturated carbocycles. The number of nitrogens with one attached hydrogen (secondary N) is 1. The first-order valence-corrected chi connectivity index (χ1v) is 7.97. The lowest BCUT2D eigenvalue weighted by Crippen LogP contribution is -2.18. The smallest absolute Gasteiger partial charge is 0.305 e. The lowest BCUT2D eigenvalue weighted by Gasteiger charge is -2.15. The van der Waals surface area contributed by atoms with Gasteiger partial charge in [-0.3, -0.25) is 9.69 Å². The number of nitrogens with zero attached hydrogens (tertiary/aromatic N) is 1. The van der Waals surface area contributed by atoms with Crippen LogP contribution < -0.4 is 4.87 Å². The van der Waals surface area contributed by atoms with E-state index in [0.29, 0.717) is 0 Å². The Morgan fingerprint density at radius 1 is 1.25 bits per heavy atom. The summed E-state index contributed by atoms with van der Waals surface area (Å²) in [6.07, 6.45) is 2.55. The second-order valence-corrected chi connectivity index (χ2v) is 6.68. The second kappa shape index (κ2) is 5.54. The van der Waals surface area contributed by atoms with E-state index >= 15 is 0 Å². The van der Waals surface area contributed by atoms with E-state index < -0.39 is 0 Å². The molecule has 3 nitrogen and oxygen atoms in total. The van der Waals surface area contributed by atoms with Crippen LogP contribution in [0.5, 0.6) is 0 Å². The lowest BCUT2D eigenvalue weighted by molar-refractivity contribution is 0.334. The molecule has 1 aromatic carbocycles. The number of H-pyrrole nitrogens is 1. The third kappa shape index (κ3) is 2.72. The average Bonchev–Trinajstić information content (AvgIpc) is 3.03. The van der Waals surface area contributed by atoms with Gasteiger partial charge >= 0.3 is 4.87 Å². The number of benzene rings is 1. The summed E-state index contributed by atoms with van der Waals surface area (Å²) >= 11 is 1.36.